The monoisotopic (exact) mass is 494 g/mol. The van der Waals surface area contributed by atoms with E-state index in [4.69, 9.17) is 4.84 Å². The first-order valence-electron chi connectivity index (χ1n) is 10.8. The molecule has 1 aliphatic heterocycles. The average molecular weight is 495 g/mol. The van der Waals surface area contributed by atoms with Gasteiger partial charge in [-0.2, -0.15) is 0 Å². The second-order valence-electron chi connectivity index (χ2n) is 7.76. The molecular formula is C25H27BrN4O2. The van der Waals surface area contributed by atoms with E-state index in [0.717, 1.165) is 41.8 Å². The van der Waals surface area contributed by atoms with E-state index in [1.54, 1.807) is 12.4 Å². The Morgan fingerprint density at radius 1 is 0.938 bits per heavy atom. The molecule has 0 amide bonds. The highest BCUT2D eigenvalue weighted by molar-refractivity contribution is 9.10. The van der Waals surface area contributed by atoms with Gasteiger partial charge in [0.2, 0.25) is 0 Å². The van der Waals surface area contributed by atoms with Crippen LogP contribution in [0.5, 0.6) is 0 Å². The molecule has 166 valence electrons. The van der Waals surface area contributed by atoms with Gasteiger partial charge in [0.05, 0.1) is 0 Å². The number of para-hydroxylation sites is 1. The predicted octanol–water partition coefficient (Wildman–Crippen LogP) is 3.80. The zero-order valence-electron chi connectivity index (χ0n) is 17.8. The van der Waals surface area contributed by atoms with Crippen LogP contribution < -0.4 is 4.90 Å². The second-order valence-corrected chi connectivity index (χ2v) is 8.67. The largest absolute Gasteiger partial charge is 0.392 e. The Morgan fingerprint density at radius 3 is 2.28 bits per heavy atom. The number of anilines is 1. The third-order valence-electron chi connectivity index (χ3n) is 5.46. The van der Waals surface area contributed by atoms with Gasteiger partial charge in [0.15, 0.2) is 0 Å². The minimum atomic E-state index is -0.606. The number of aromatic nitrogens is 1. The summed E-state index contributed by atoms with van der Waals surface area (Å²) < 4.78 is 0.999. The van der Waals surface area contributed by atoms with Crippen molar-refractivity contribution >= 4 is 27.3 Å². The maximum atomic E-state index is 10.5. The summed E-state index contributed by atoms with van der Waals surface area (Å²) in [5.74, 6) is 0. The van der Waals surface area contributed by atoms with Gasteiger partial charge in [0.1, 0.15) is 18.4 Å². The van der Waals surface area contributed by atoms with E-state index in [0.29, 0.717) is 12.3 Å². The van der Waals surface area contributed by atoms with Gasteiger partial charge in [-0.25, -0.2) is 0 Å². The van der Waals surface area contributed by atoms with Gasteiger partial charge in [-0.05, 0) is 36.4 Å². The molecule has 0 spiro atoms. The van der Waals surface area contributed by atoms with Crippen molar-refractivity contribution in [3.05, 3.63) is 94.7 Å². The van der Waals surface area contributed by atoms with Crippen molar-refractivity contribution in [1.29, 1.82) is 0 Å². The first kappa shape index (κ1) is 22.5. The fraction of sp³-hybridized carbons (Fsp3) is 0.280. The number of hydrogen-bond donors (Lipinski definition) is 1. The standard InChI is InChI=1S/C25H27BrN4O2/c26-22-8-6-20(7-9-22)25(21-10-12-27-13-11-21)28-32-19-24(31)18-29-14-16-30(17-15-29)23-4-2-1-3-5-23/h1-13,24,31H,14-19H2/b28-25-/t24-/m1/s1. The van der Waals surface area contributed by atoms with Crippen molar-refractivity contribution in [3.8, 4) is 0 Å². The summed E-state index contributed by atoms with van der Waals surface area (Å²) >= 11 is 3.46. The number of rotatable bonds is 8. The average Bonchev–Trinajstić information content (AvgIpc) is 2.84. The molecule has 1 aromatic heterocycles. The molecule has 1 aliphatic rings. The second kappa shape index (κ2) is 11.2. The minimum absolute atomic E-state index is 0.143. The molecule has 0 radical (unpaired) electrons. The van der Waals surface area contributed by atoms with E-state index in [9.17, 15) is 5.11 Å². The number of benzene rings is 2. The lowest BCUT2D eigenvalue weighted by atomic mass is 10.0. The quantitative estimate of drug-likeness (QED) is 0.381. The van der Waals surface area contributed by atoms with Gasteiger partial charge in [-0.1, -0.05) is 51.4 Å². The number of piperazine rings is 1. The van der Waals surface area contributed by atoms with E-state index in [-0.39, 0.29) is 6.61 Å². The number of aliphatic hydroxyl groups excluding tert-OH is 1. The van der Waals surface area contributed by atoms with Crippen LogP contribution in [0.2, 0.25) is 0 Å². The van der Waals surface area contributed by atoms with E-state index in [1.807, 2.05) is 42.5 Å². The zero-order chi connectivity index (χ0) is 22.2. The van der Waals surface area contributed by atoms with E-state index in [2.05, 4.69) is 60.1 Å². The molecule has 32 heavy (non-hydrogen) atoms. The third-order valence-corrected chi connectivity index (χ3v) is 5.99. The Bertz CT molecular complexity index is 991. The summed E-state index contributed by atoms with van der Waals surface area (Å²) in [7, 11) is 0. The molecule has 6 nitrogen and oxygen atoms in total. The van der Waals surface area contributed by atoms with Crippen LogP contribution in [0.4, 0.5) is 5.69 Å². The van der Waals surface area contributed by atoms with E-state index < -0.39 is 6.10 Å². The minimum Gasteiger partial charge on any atom is -0.392 e. The first-order valence-corrected chi connectivity index (χ1v) is 11.5. The summed E-state index contributed by atoms with van der Waals surface area (Å²) in [6.45, 7) is 4.44. The molecule has 0 aliphatic carbocycles. The van der Waals surface area contributed by atoms with Crippen molar-refractivity contribution in [2.75, 3.05) is 44.2 Å². The Morgan fingerprint density at radius 2 is 1.59 bits per heavy atom. The Hall–Kier alpha value is -2.74. The fourth-order valence-corrected chi connectivity index (χ4v) is 4.02. The number of hydrogen-bond acceptors (Lipinski definition) is 6. The van der Waals surface area contributed by atoms with Crippen molar-refractivity contribution in [2.45, 2.75) is 6.10 Å². The molecule has 2 heterocycles. The SMILES string of the molecule is O[C@@H](CO/N=C(\c1ccncc1)c1ccc(Br)cc1)CN1CCN(c2ccccc2)CC1. The first-order chi connectivity index (χ1) is 15.7. The molecule has 0 bridgehead atoms. The third kappa shape index (κ3) is 6.16. The van der Waals surface area contributed by atoms with Crippen molar-refractivity contribution < 1.29 is 9.94 Å². The van der Waals surface area contributed by atoms with Crippen LogP contribution in [0.15, 0.2) is 88.8 Å². The summed E-state index contributed by atoms with van der Waals surface area (Å²) in [5.41, 5.74) is 3.81. The highest BCUT2D eigenvalue weighted by Gasteiger charge is 2.20. The zero-order valence-corrected chi connectivity index (χ0v) is 19.4. The molecule has 1 N–H and O–H groups in total. The van der Waals surface area contributed by atoms with Gasteiger partial charge in [0.25, 0.3) is 0 Å². The highest BCUT2D eigenvalue weighted by atomic mass is 79.9. The van der Waals surface area contributed by atoms with Crippen LogP contribution >= 0.6 is 15.9 Å². The number of oxime groups is 1. The lowest BCUT2D eigenvalue weighted by molar-refractivity contribution is 0.0182. The van der Waals surface area contributed by atoms with Gasteiger partial charge < -0.3 is 14.8 Å². The maximum Gasteiger partial charge on any atom is 0.144 e. The van der Waals surface area contributed by atoms with Gasteiger partial charge in [-0.15, -0.1) is 0 Å². The summed E-state index contributed by atoms with van der Waals surface area (Å²) in [5, 5.41) is 14.9. The van der Waals surface area contributed by atoms with Gasteiger partial charge in [-0.3, -0.25) is 9.88 Å². The topological polar surface area (TPSA) is 61.2 Å². The molecule has 2 aromatic carbocycles. The van der Waals surface area contributed by atoms with Gasteiger partial charge in [0, 0.05) is 66.4 Å². The number of aliphatic hydroxyl groups is 1. The maximum absolute atomic E-state index is 10.5. The molecule has 1 atom stereocenters. The molecule has 1 fully saturated rings. The number of β-amino-alcohol motifs (C(OH)–C–C–N with tert-alkyl or cyclic N) is 1. The van der Waals surface area contributed by atoms with E-state index in [1.165, 1.54) is 5.69 Å². The van der Waals surface area contributed by atoms with Crippen LogP contribution in [0.1, 0.15) is 11.1 Å². The van der Waals surface area contributed by atoms with Crippen LogP contribution in [0.3, 0.4) is 0 Å². The summed E-state index contributed by atoms with van der Waals surface area (Å²) in [6.07, 6.45) is 2.85. The smallest absolute Gasteiger partial charge is 0.144 e. The highest BCUT2D eigenvalue weighted by Crippen LogP contribution is 2.17. The van der Waals surface area contributed by atoms with Crippen molar-refractivity contribution in [3.63, 3.8) is 0 Å². The number of nitrogens with zero attached hydrogens (tertiary/aromatic N) is 4. The van der Waals surface area contributed by atoms with Crippen LogP contribution in [0.25, 0.3) is 0 Å². The Labute approximate surface area is 197 Å². The lowest BCUT2D eigenvalue weighted by Gasteiger charge is -2.36. The van der Waals surface area contributed by atoms with Crippen LogP contribution in [-0.2, 0) is 4.84 Å². The molecule has 4 rings (SSSR count). The molecule has 7 heteroatoms. The van der Waals surface area contributed by atoms with Crippen LogP contribution in [-0.4, -0.2) is 66.1 Å². The molecule has 0 unspecified atom stereocenters. The number of pyridine rings is 1. The Kier molecular flexibility index (Phi) is 7.87. The summed E-state index contributed by atoms with van der Waals surface area (Å²) in [6, 6.07) is 22.1. The summed E-state index contributed by atoms with van der Waals surface area (Å²) in [4.78, 5) is 14.3. The van der Waals surface area contributed by atoms with Crippen LogP contribution in [0, 0.1) is 0 Å². The molecule has 1 saturated heterocycles. The molecule has 3 aromatic rings. The fourth-order valence-electron chi connectivity index (χ4n) is 3.76. The lowest BCUT2D eigenvalue weighted by Crippen LogP contribution is -2.49. The van der Waals surface area contributed by atoms with Crippen molar-refractivity contribution in [1.82, 2.24) is 9.88 Å². The normalized spacial score (nSPS) is 16.1. The Balaban J connectivity index is 1.31. The predicted molar refractivity (Wildman–Crippen MR) is 131 cm³/mol. The van der Waals surface area contributed by atoms with Crippen molar-refractivity contribution in [2.24, 2.45) is 5.16 Å². The van der Waals surface area contributed by atoms with E-state index >= 15 is 0 Å². The molecule has 0 saturated carbocycles. The number of halogens is 1. The molecular weight excluding hydrogens is 468 g/mol. The van der Waals surface area contributed by atoms with Gasteiger partial charge >= 0.3 is 0 Å².